The molecule has 2 aromatic rings. The number of fused-ring (bicyclic) bond motifs is 1. The lowest BCUT2D eigenvalue weighted by molar-refractivity contribution is 0.160. The van der Waals surface area contributed by atoms with Gasteiger partial charge in [-0.05, 0) is 30.2 Å². The first-order chi connectivity index (χ1) is 10.2. The van der Waals surface area contributed by atoms with Crippen molar-refractivity contribution in [3.63, 3.8) is 0 Å². The molecule has 21 heavy (non-hydrogen) atoms. The number of rotatable bonds is 3. The van der Waals surface area contributed by atoms with Crippen molar-refractivity contribution in [1.29, 1.82) is 0 Å². The van der Waals surface area contributed by atoms with Crippen molar-refractivity contribution in [2.45, 2.75) is 32.1 Å². The standard InChI is InChI=1S/C18H21NO2/c1-12-6-7-17-15(8-12)16(19)10-18(21-17)14-5-3-4-13(9-14)11-20-2/h3-9,16,18H,10-11,19H2,1-2H3/t16-,18?/m1/s1. The second-order valence-electron chi connectivity index (χ2n) is 5.67. The van der Waals surface area contributed by atoms with Crippen molar-refractivity contribution >= 4 is 0 Å². The Hall–Kier alpha value is -1.84. The van der Waals surface area contributed by atoms with Crippen LogP contribution in [0.4, 0.5) is 0 Å². The van der Waals surface area contributed by atoms with Gasteiger partial charge in [0.2, 0.25) is 0 Å². The van der Waals surface area contributed by atoms with Crippen LogP contribution in [0.1, 0.15) is 40.8 Å². The smallest absolute Gasteiger partial charge is 0.126 e. The molecule has 2 aromatic carbocycles. The van der Waals surface area contributed by atoms with Crippen molar-refractivity contribution in [1.82, 2.24) is 0 Å². The molecule has 3 heteroatoms. The zero-order valence-corrected chi connectivity index (χ0v) is 12.5. The van der Waals surface area contributed by atoms with E-state index in [1.165, 1.54) is 5.56 Å². The maximum Gasteiger partial charge on any atom is 0.126 e. The summed E-state index contributed by atoms with van der Waals surface area (Å²) in [5.41, 5.74) is 11.0. The van der Waals surface area contributed by atoms with Crippen molar-refractivity contribution in [3.05, 3.63) is 64.7 Å². The van der Waals surface area contributed by atoms with E-state index >= 15 is 0 Å². The summed E-state index contributed by atoms with van der Waals surface area (Å²) in [6, 6.07) is 14.6. The van der Waals surface area contributed by atoms with Crippen LogP contribution in [0.2, 0.25) is 0 Å². The minimum atomic E-state index is 0.00649. The van der Waals surface area contributed by atoms with Crippen LogP contribution in [0.5, 0.6) is 5.75 Å². The first-order valence-electron chi connectivity index (χ1n) is 7.28. The van der Waals surface area contributed by atoms with E-state index < -0.39 is 0 Å². The second-order valence-corrected chi connectivity index (χ2v) is 5.67. The molecule has 2 atom stereocenters. The van der Waals surface area contributed by atoms with Crippen molar-refractivity contribution in [2.24, 2.45) is 5.73 Å². The predicted molar refractivity (Wildman–Crippen MR) is 83.2 cm³/mol. The quantitative estimate of drug-likeness (QED) is 0.934. The van der Waals surface area contributed by atoms with Gasteiger partial charge in [-0.25, -0.2) is 0 Å². The molecule has 0 aromatic heterocycles. The van der Waals surface area contributed by atoms with E-state index in [0.29, 0.717) is 6.61 Å². The summed E-state index contributed by atoms with van der Waals surface area (Å²) in [7, 11) is 1.71. The molecule has 0 amide bonds. The van der Waals surface area contributed by atoms with Crippen molar-refractivity contribution in [3.8, 4) is 5.75 Å². The lowest BCUT2D eigenvalue weighted by Crippen LogP contribution is -2.24. The molecule has 3 rings (SSSR count). The molecule has 0 saturated carbocycles. The third-order valence-electron chi connectivity index (χ3n) is 3.94. The van der Waals surface area contributed by atoms with Gasteiger partial charge in [0.05, 0.1) is 6.61 Å². The lowest BCUT2D eigenvalue weighted by atomic mass is 9.92. The molecule has 1 aliphatic rings. The fourth-order valence-corrected chi connectivity index (χ4v) is 2.88. The van der Waals surface area contributed by atoms with E-state index in [2.05, 4.69) is 37.3 Å². The molecule has 110 valence electrons. The van der Waals surface area contributed by atoms with E-state index in [1.807, 2.05) is 12.1 Å². The van der Waals surface area contributed by atoms with E-state index in [1.54, 1.807) is 7.11 Å². The Morgan fingerprint density at radius 1 is 1.24 bits per heavy atom. The highest BCUT2D eigenvalue weighted by molar-refractivity contribution is 5.42. The number of hydrogen-bond acceptors (Lipinski definition) is 3. The Kier molecular flexibility index (Phi) is 3.95. The number of methoxy groups -OCH3 is 1. The van der Waals surface area contributed by atoms with E-state index in [4.69, 9.17) is 15.2 Å². The molecular formula is C18H21NO2. The third-order valence-corrected chi connectivity index (χ3v) is 3.94. The molecule has 0 aliphatic carbocycles. The fourth-order valence-electron chi connectivity index (χ4n) is 2.88. The molecule has 0 bridgehead atoms. The number of ether oxygens (including phenoxy) is 2. The van der Waals surface area contributed by atoms with Gasteiger partial charge < -0.3 is 15.2 Å². The molecule has 0 radical (unpaired) electrons. The van der Waals surface area contributed by atoms with Gasteiger partial charge in [0.1, 0.15) is 11.9 Å². The molecule has 2 N–H and O–H groups in total. The minimum absolute atomic E-state index is 0.00649. The SMILES string of the molecule is COCc1cccc(C2C[C@@H](N)c3cc(C)ccc3O2)c1. The third kappa shape index (κ3) is 2.94. The number of nitrogens with two attached hydrogens (primary N) is 1. The zero-order chi connectivity index (χ0) is 14.8. The Labute approximate surface area is 125 Å². The van der Waals surface area contributed by atoms with E-state index in [9.17, 15) is 0 Å². The van der Waals surface area contributed by atoms with Crippen molar-refractivity contribution in [2.75, 3.05) is 7.11 Å². The van der Waals surface area contributed by atoms with Gasteiger partial charge in [-0.2, -0.15) is 0 Å². The van der Waals surface area contributed by atoms with Crippen LogP contribution in [0.3, 0.4) is 0 Å². The van der Waals surface area contributed by atoms with Crippen LogP contribution in [-0.2, 0) is 11.3 Å². The second kappa shape index (κ2) is 5.88. The molecule has 1 unspecified atom stereocenters. The highest BCUT2D eigenvalue weighted by atomic mass is 16.5. The predicted octanol–water partition coefficient (Wildman–Crippen LogP) is 3.67. The van der Waals surface area contributed by atoms with Gasteiger partial charge >= 0.3 is 0 Å². The largest absolute Gasteiger partial charge is 0.485 e. The van der Waals surface area contributed by atoms with Gasteiger partial charge in [-0.3, -0.25) is 0 Å². The van der Waals surface area contributed by atoms with Gasteiger partial charge in [0, 0.05) is 25.1 Å². The highest BCUT2D eigenvalue weighted by Crippen LogP contribution is 2.40. The van der Waals surface area contributed by atoms with Crippen LogP contribution in [0.15, 0.2) is 42.5 Å². The molecule has 3 nitrogen and oxygen atoms in total. The average Bonchev–Trinajstić information content (AvgIpc) is 2.48. The zero-order valence-electron chi connectivity index (χ0n) is 12.5. The Balaban J connectivity index is 1.88. The Bertz CT molecular complexity index is 639. The molecule has 0 spiro atoms. The van der Waals surface area contributed by atoms with Gasteiger partial charge in [0.15, 0.2) is 0 Å². The maximum absolute atomic E-state index is 6.34. The molecule has 0 fully saturated rings. The minimum Gasteiger partial charge on any atom is -0.485 e. The normalized spacial score (nSPS) is 20.7. The average molecular weight is 283 g/mol. The maximum atomic E-state index is 6.34. The molecule has 1 aliphatic heterocycles. The summed E-state index contributed by atoms with van der Waals surface area (Å²) < 4.78 is 11.4. The van der Waals surface area contributed by atoms with Crippen LogP contribution in [0.25, 0.3) is 0 Å². The van der Waals surface area contributed by atoms with Gasteiger partial charge in [-0.15, -0.1) is 0 Å². The number of benzene rings is 2. The molecular weight excluding hydrogens is 262 g/mol. The van der Waals surface area contributed by atoms with E-state index in [-0.39, 0.29) is 12.1 Å². The van der Waals surface area contributed by atoms with Gasteiger partial charge in [-0.1, -0.05) is 35.9 Å². The lowest BCUT2D eigenvalue weighted by Gasteiger charge is -2.31. The van der Waals surface area contributed by atoms with Crippen LogP contribution in [-0.4, -0.2) is 7.11 Å². The Morgan fingerprint density at radius 3 is 2.90 bits per heavy atom. The fraction of sp³-hybridized carbons (Fsp3) is 0.333. The molecule has 1 heterocycles. The number of hydrogen-bond donors (Lipinski definition) is 1. The monoisotopic (exact) mass is 283 g/mol. The van der Waals surface area contributed by atoms with Crippen molar-refractivity contribution < 1.29 is 9.47 Å². The summed E-state index contributed by atoms with van der Waals surface area (Å²) in [5.74, 6) is 0.904. The van der Waals surface area contributed by atoms with Crippen LogP contribution in [0, 0.1) is 6.92 Å². The number of aryl methyl sites for hydroxylation is 1. The summed E-state index contributed by atoms with van der Waals surface area (Å²) >= 11 is 0. The summed E-state index contributed by atoms with van der Waals surface area (Å²) in [5, 5.41) is 0. The summed E-state index contributed by atoms with van der Waals surface area (Å²) in [4.78, 5) is 0. The first-order valence-corrected chi connectivity index (χ1v) is 7.28. The highest BCUT2D eigenvalue weighted by Gasteiger charge is 2.27. The summed E-state index contributed by atoms with van der Waals surface area (Å²) in [6.07, 6.45) is 0.805. The van der Waals surface area contributed by atoms with Crippen LogP contribution >= 0.6 is 0 Å². The summed E-state index contributed by atoms with van der Waals surface area (Å²) in [6.45, 7) is 2.69. The van der Waals surface area contributed by atoms with Crippen LogP contribution < -0.4 is 10.5 Å². The topological polar surface area (TPSA) is 44.5 Å². The van der Waals surface area contributed by atoms with Gasteiger partial charge in [0.25, 0.3) is 0 Å². The molecule has 0 saturated heterocycles. The Morgan fingerprint density at radius 2 is 2.10 bits per heavy atom. The first kappa shape index (κ1) is 14.1. The van der Waals surface area contributed by atoms with E-state index in [0.717, 1.165) is 28.9 Å².